The van der Waals surface area contributed by atoms with Gasteiger partial charge in [0.15, 0.2) is 16.6 Å². The Bertz CT molecular complexity index is 921. The number of carbonyl (C=O) groups is 1. The van der Waals surface area contributed by atoms with Gasteiger partial charge in [-0.15, -0.1) is 11.5 Å². The molecule has 216 valence electrons. The highest BCUT2D eigenvalue weighted by Crippen LogP contribution is 2.43. The van der Waals surface area contributed by atoms with Gasteiger partial charge in [0.25, 0.3) is 0 Å². The van der Waals surface area contributed by atoms with Gasteiger partial charge < -0.3 is 14.3 Å². The molecule has 0 unspecified atom stereocenters. The number of methoxy groups -OCH3 is 1. The largest absolute Gasteiger partial charge is 0.469 e. The molecule has 4 nitrogen and oxygen atoms in total. The van der Waals surface area contributed by atoms with Gasteiger partial charge in [0.05, 0.1) is 7.11 Å². The summed E-state index contributed by atoms with van der Waals surface area (Å²) in [6.07, 6.45) is 12.5. The van der Waals surface area contributed by atoms with E-state index >= 15 is 0 Å². The minimum atomic E-state index is -2.36. The van der Waals surface area contributed by atoms with Gasteiger partial charge in [-0.25, -0.2) is 0 Å². The second-order valence-electron chi connectivity index (χ2n) is 14.0. The van der Waals surface area contributed by atoms with Crippen LogP contribution in [-0.4, -0.2) is 47.4 Å². The number of rotatable bonds is 13. The van der Waals surface area contributed by atoms with E-state index in [1.807, 2.05) is 38.3 Å². The zero-order valence-electron chi connectivity index (χ0n) is 26.4. The molecule has 7 heteroatoms. The lowest BCUT2D eigenvalue weighted by Crippen LogP contribution is -2.40. The van der Waals surface area contributed by atoms with Gasteiger partial charge in [-0.05, 0) is 73.9 Å². The number of allylic oxidation sites excluding steroid dienone is 4. The van der Waals surface area contributed by atoms with Crippen LogP contribution in [-0.2, 0) is 9.53 Å². The Morgan fingerprint density at radius 3 is 1.97 bits per heavy atom. The van der Waals surface area contributed by atoms with Crippen molar-refractivity contribution in [2.45, 2.75) is 122 Å². The molecule has 0 amide bonds. The minimum absolute atomic E-state index is 0.101. The normalized spacial score (nSPS) is 15.0. The molecule has 0 aliphatic rings. The first-order valence-corrected chi connectivity index (χ1v) is 23.4. The summed E-state index contributed by atoms with van der Waals surface area (Å²) < 4.78 is 4.78. The van der Waals surface area contributed by atoms with Crippen molar-refractivity contribution in [1.82, 2.24) is 0 Å². The molecule has 2 N–H and O–H groups in total. The highest BCUT2D eigenvalue weighted by Gasteiger charge is 2.40. The molecule has 0 heterocycles. The molecule has 0 bridgehead atoms. The van der Waals surface area contributed by atoms with Crippen LogP contribution in [0.15, 0.2) is 24.3 Å². The van der Waals surface area contributed by atoms with E-state index in [1.54, 1.807) is 0 Å². The number of hydrogen-bond donors (Lipinski definition) is 2. The van der Waals surface area contributed by atoms with E-state index in [2.05, 4.69) is 82.8 Å². The second-order valence-corrected chi connectivity index (χ2v) is 27.7. The topological polar surface area (TPSA) is 66.8 Å². The Hall–Kier alpha value is -1.36. The zero-order valence-corrected chi connectivity index (χ0v) is 29.4. The third kappa shape index (κ3) is 15.3. The van der Waals surface area contributed by atoms with Gasteiger partial charge in [0.1, 0.15) is 8.07 Å². The smallest absolute Gasteiger partial charge is 0.305 e. The van der Waals surface area contributed by atoms with Crippen LogP contribution >= 0.6 is 0 Å². The highest BCUT2D eigenvalue weighted by atomic mass is 28.4. The Balaban J connectivity index is 5.60. The molecule has 0 aliphatic carbocycles. The Labute approximate surface area is 238 Å². The van der Waals surface area contributed by atoms with Crippen molar-refractivity contribution >= 4 is 30.7 Å². The van der Waals surface area contributed by atoms with Crippen LogP contribution in [0.5, 0.6) is 0 Å². The summed E-state index contributed by atoms with van der Waals surface area (Å²) in [5.74, 6) is 10.2. The first-order valence-electron chi connectivity index (χ1n) is 14.0. The van der Waals surface area contributed by atoms with Crippen molar-refractivity contribution in [3.8, 4) is 23.3 Å². The van der Waals surface area contributed by atoms with Gasteiger partial charge in [0, 0.05) is 18.8 Å². The molecule has 0 saturated carbocycles. The third-order valence-corrected chi connectivity index (χ3v) is 15.8. The standard InChI is InChI=1S/C31H56O4Si3/c1-30(2,37(9,10)33)25-27(21-17-23-29(32)35-5)19-15-13-14-16-20-28(22-18-24-36(6,7)8)26-31(3,4)38(11,12)34/h13-14,16,20,27-28,33-34H,17,21-23,25-26H2,1-12H3/b14-13+,20-16+/t27-,28+/m1/s1. The Morgan fingerprint density at radius 2 is 1.47 bits per heavy atom. The maximum Gasteiger partial charge on any atom is 0.305 e. The summed E-state index contributed by atoms with van der Waals surface area (Å²) >= 11 is 0. The van der Waals surface area contributed by atoms with Crippen molar-refractivity contribution in [3.05, 3.63) is 24.3 Å². The van der Waals surface area contributed by atoms with Crippen LogP contribution in [0.3, 0.4) is 0 Å². The van der Waals surface area contributed by atoms with Crippen LogP contribution in [0.25, 0.3) is 0 Å². The van der Waals surface area contributed by atoms with Gasteiger partial charge in [-0.1, -0.05) is 77.4 Å². The molecule has 0 rings (SSSR count). The summed E-state index contributed by atoms with van der Waals surface area (Å²) in [6, 6.07) is 0. The SMILES string of the molecule is COC(=O)CCC[C@@H](C#C/C=C/C=C/[C@@H](CC#C[Si](C)(C)C)CC(C)(C)[Si](C)(C)O)CC(C)(C)[Si](C)(C)O. The molecule has 0 aliphatic heterocycles. The van der Waals surface area contributed by atoms with Crippen molar-refractivity contribution in [1.29, 1.82) is 0 Å². The van der Waals surface area contributed by atoms with E-state index in [4.69, 9.17) is 4.74 Å². The van der Waals surface area contributed by atoms with E-state index in [0.29, 0.717) is 6.42 Å². The van der Waals surface area contributed by atoms with Crippen molar-refractivity contribution in [2.75, 3.05) is 7.11 Å². The van der Waals surface area contributed by atoms with E-state index in [0.717, 1.165) is 32.1 Å². The fraction of sp³-hybridized carbons (Fsp3) is 0.710. The molecule has 0 saturated heterocycles. The van der Waals surface area contributed by atoms with Crippen LogP contribution < -0.4 is 0 Å². The quantitative estimate of drug-likeness (QED) is 0.102. The van der Waals surface area contributed by atoms with E-state index in [1.165, 1.54) is 7.11 Å². The lowest BCUT2D eigenvalue weighted by molar-refractivity contribution is -0.140. The maximum absolute atomic E-state index is 11.6. The lowest BCUT2D eigenvalue weighted by atomic mass is 9.92. The molecule has 0 fully saturated rings. The molecule has 0 aromatic carbocycles. The summed E-state index contributed by atoms with van der Waals surface area (Å²) in [7, 11) is -4.67. The van der Waals surface area contributed by atoms with Crippen molar-refractivity contribution in [3.63, 3.8) is 0 Å². The van der Waals surface area contributed by atoms with Crippen LogP contribution in [0.4, 0.5) is 0 Å². The van der Waals surface area contributed by atoms with Crippen LogP contribution in [0, 0.1) is 35.1 Å². The number of hydrogen-bond acceptors (Lipinski definition) is 4. The molecular formula is C31H56O4Si3. The first-order chi connectivity index (χ1) is 17.1. The average Bonchev–Trinajstić information content (AvgIpc) is 2.72. The number of carbonyl (C=O) groups excluding carboxylic acids is 1. The summed E-state index contributed by atoms with van der Waals surface area (Å²) in [4.78, 5) is 33.1. The molecule has 0 aromatic rings. The Kier molecular flexibility index (Phi) is 14.9. The molecule has 2 atom stereocenters. The van der Waals surface area contributed by atoms with Gasteiger partial charge in [-0.3, -0.25) is 4.79 Å². The van der Waals surface area contributed by atoms with Crippen LogP contribution in [0.1, 0.15) is 66.2 Å². The monoisotopic (exact) mass is 576 g/mol. The van der Waals surface area contributed by atoms with E-state index in [9.17, 15) is 14.4 Å². The molecular weight excluding hydrogens is 521 g/mol. The average molecular weight is 577 g/mol. The van der Waals surface area contributed by atoms with Gasteiger partial charge >= 0.3 is 5.97 Å². The van der Waals surface area contributed by atoms with E-state index < -0.39 is 24.7 Å². The lowest BCUT2D eigenvalue weighted by Gasteiger charge is -2.37. The van der Waals surface area contributed by atoms with Crippen LogP contribution in [0.2, 0.25) is 55.9 Å². The molecule has 38 heavy (non-hydrogen) atoms. The zero-order chi connectivity index (χ0) is 29.8. The first kappa shape index (κ1) is 36.6. The van der Waals surface area contributed by atoms with Gasteiger partial charge in [0.2, 0.25) is 0 Å². The van der Waals surface area contributed by atoms with Crippen molar-refractivity contribution in [2.24, 2.45) is 11.8 Å². The third-order valence-electron chi connectivity index (χ3n) is 7.79. The van der Waals surface area contributed by atoms with Gasteiger partial charge in [-0.2, -0.15) is 0 Å². The summed E-state index contributed by atoms with van der Waals surface area (Å²) in [5, 5.41) is -0.289. The molecule has 0 radical (unpaired) electrons. The summed E-state index contributed by atoms with van der Waals surface area (Å²) in [6.45, 7) is 23.3. The van der Waals surface area contributed by atoms with Crippen molar-refractivity contribution < 1.29 is 19.1 Å². The predicted molar refractivity (Wildman–Crippen MR) is 171 cm³/mol. The maximum atomic E-state index is 11.6. The fourth-order valence-electron chi connectivity index (χ4n) is 3.74. The fourth-order valence-corrected chi connectivity index (χ4v) is 5.88. The highest BCUT2D eigenvalue weighted by molar-refractivity contribution is 6.83. The van der Waals surface area contributed by atoms with E-state index in [-0.39, 0.29) is 27.9 Å². The number of ether oxygens (including phenoxy) is 1. The predicted octanol–water partition coefficient (Wildman–Crippen LogP) is 7.68. The number of esters is 1. The molecule has 0 aromatic heterocycles. The Morgan fingerprint density at radius 1 is 0.921 bits per heavy atom. The second kappa shape index (κ2) is 15.4. The molecule has 0 spiro atoms. The summed E-state index contributed by atoms with van der Waals surface area (Å²) in [5.41, 5.74) is 3.48. The minimum Gasteiger partial charge on any atom is -0.469 e.